The van der Waals surface area contributed by atoms with Crippen LogP contribution < -0.4 is 0 Å². The molecule has 2 saturated heterocycles. The first kappa shape index (κ1) is 54.3. The lowest BCUT2D eigenvalue weighted by Crippen LogP contribution is -2.36. The van der Waals surface area contributed by atoms with Gasteiger partial charge in [0.25, 0.3) is 0 Å². The summed E-state index contributed by atoms with van der Waals surface area (Å²) in [6.07, 6.45) is 3.66. The minimum atomic E-state index is -0.661. The molecule has 4 atom stereocenters. The molecule has 382 valence electrons. The Morgan fingerprint density at radius 3 is 1.17 bits per heavy atom. The van der Waals surface area contributed by atoms with Gasteiger partial charge in [-0.05, 0) is 96.9 Å². The van der Waals surface area contributed by atoms with E-state index in [1.165, 1.54) is 12.1 Å². The highest BCUT2D eigenvalue weighted by Gasteiger charge is 2.51. The smallest absolute Gasteiger partial charge is 0.330 e. The van der Waals surface area contributed by atoms with Crippen LogP contribution in [0.3, 0.4) is 0 Å². The van der Waals surface area contributed by atoms with Crippen molar-refractivity contribution in [3.05, 3.63) is 144 Å². The summed E-state index contributed by atoms with van der Waals surface area (Å²) in [7, 11) is 0. The lowest BCUT2D eigenvalue weighted by atomic mass is 9.99. The van der Waals surface area contributed by atoms with E-state index in [9.17, 15) is 28.8 Å². The Bertz CT molecular complexity index is 2330. The van der Waals surface area contributed by atoms with Crippen molar-refractivity contribution >= 4 is 35.8 Å². The van der Waals surface area contributed by atoms with Gasteiger partial charge in [0.15, 0.2) is 12.2 Å². The molecular formula is C56H60F2O14. The van der Waals surface area contributed by atoms with Crippen LogP contribution in [0, 0.1) is 11.6 Å². The third-order valence-electron chi connectivity index (χ3n) is 12.0. The average molecular weight is 995 g/mol. The van der Waals surface area contributed by atoms with Gasteiger partial charge in [-0.25, -0.2) is 18.4 Å². The van der Waals surface area contributed by atoms with Gasteiger partial charge in [-0.2, -0.15) is 0 Å². The molecule has 0 aliphatic carbocycles. The lowest BCUT2D eigenvalue weighted by molar-refractivity contribution is -0.155. The summed E-state index contributed by atoms with van der Waals surface area (Å²) >= 11 is 0. The largest absolute Gasteiger partial charge is 0.466 e. The van der Waals surface area contributed by atoms with E-state index in [1.54, 1.807) is 48.5 Å². The number of fused-ring (bicyclic) bond motifs is 1. The number of ether oxygens (including phenoxy) is 8. The number of hydrogen-bond donors (Lipinski definition) is 0. The highest BCUT2D eigenvalue weighted by atomic mass is 19.1. The Kier molecular flexibility index (Phi) is 21.2. The van der Waals surface area contributed by atoms with E-state index < -0.39 is 71.9 Å². The number of carbonyl (C=O) groups is 6. The molecule has 2 aliphatic heterocycles. The van der Waals surface area contributed by atoms with Crippen LogP contribution in [-0.2, 0) is 92.3 Å². The summed E-state index contributed by atoms with van der Waals surface area (Å²) in [5.41, 5.74) is 5.15. The van der Waals surface area contributed by atoms with Crippen LogP contribution in [-0.4, -0.2) is 99.9 Å². The summed E-state index contributed by atoms with van der Waals surface area (Å²) in [5.74, 6) is -3.52. The molecule has 2 aliphatic rings. The normalized spacial score (nSPS) is 16.8. The van der Waals surface area contributed by atoms with Crippen LogP contribution in [0.25, 0.3) is 22.3 Å². The number of rotatable bonds is 28. The molecule has 2 heterocycles. The van der Waals surface area contributed by atoms with E-state index in [-0.39, 0.29) is 65.3 Å². The SMILES string of the molecule is C=CC(=O)OCCCCOC(=O)CCc1ccc(-c2ccc(CCC(=O)OC3CO[C@@H]4[C@@H](OC(=O)CCc5ccc(-c6ccc(CCC(=O)OCCCCOC(=O)C=C)cc6F)cc5)CO[C@H]34)cc2)c(F)c1. The molecule has 0 amide bonds. The van der Waals surface area contributed by atoms with Gasteiger partial charge >= 0.3 is 35.8 Å². The number of esters is 6. The zero-order valence-electron chi connectivity index (χ0n) is 40.2. The van der Waals surface area contributed by atoms with Crippen molar-refractivity contribution < 1.29 is 75.4 Å². The van der Waals surface area contributed by atoms with Crippen molar-refractivity contribution in [3.8, 4) is 22.3 Å². The van der Waals surface area contributed by atoms with Gasteiger partial charge in [0.2, 0.25) is 0 Å². The standard InChI is InChI=1S/C56H60F2O14/c1-3-49(59)65-29-5-7-31-67-51(61)25-17-39-13-23-43(45(57)33-39)41-19-9-37(10-20-41)15-27-53(63)71-47-35-69-56-48(36-70-55(47)56)72-54(64)28-16-38-11-21-42(22-12-38)44-24-14-40(34-46(44)58)18-26-52(62)68-32-8-6-30-66-50(60)4-2/h3-4,9-14,19-24,33-34,47-48,55-56H,1-2,5-8,15-18,25-32,35-36H2/t47-,48?,55+,56+/m0/s1. The van der Waals surface area contributed by atoms with Gasteiger partial charge in [0, 0.05) is 49.0 Å². The van der Waals surface area contributed by atoms with Crippen molar-refractivity contribution in [2.45, 2.75) is 101 Å². The fraction of sp³-hybridized carbons (Fsp3) is 0.393. The van der Waals surface area contributed by atoms with Gasteiger partial charge in [-0.1, -0.05) is 86.0 Å². The Labute approximate surface area is 417 Å². The number of carbonyl (C=O) groups excluding carboxylic acids is 6. The molecule has 6 rings (SSSR count). The average Bonchev–Trinajstić information content (AvgIpc) is 3.98. The highest BCUT2D eigenvalue weighted by Crippen LogP contribution is 2.32. The van der Waals surface area contributed by atoms with Gasteiger partial charge < -0.3 is 37.9 Å². The first-order valence-corrected chi connectivity index (χ1v) is 24.2. The van der Waals surface area contributed by atoms with Crippen LogP contribution in [0.1, 0.15) is 73.6 Å². The molecule has 4 aromatic carbocycles. The monoisotopic (exact) mass is 994 g/mol. The minimum Gasteiger partial charge on any atom is -0.466 e. The molecule has 2 fully saturated rings. The number of unbranched alkanes of at least 4 members (excludes halogenated alkanes) is 2. The zero-order chi connectivity index (χ0) is 51.2. The predicted octanol–water partition coefficient (Wildman–Crippen LogP) is 8.46. The number of aryl methyl sites for hydroxylation is 4. The maximum absolute atomic E-state index is 15.2. The topological polar surface area (TPSA) is 176 Å². The maximum atomic E-state index is 15.2. The summed E-state index contributed by atoms with van der Waals surface area (Å²) in [6, 6.07) is 24.1. The van der Waals surface area contributed by atoms with Crippen LogP contribution in [0.4, 0.5) is 8.78 Å². The zero-order valence-corrected chi connectivity index (χ0v) is 40.2. The Balaban J connectivity index is 0.847. The van der Waals surface area contributed by atoms with E-state index in [2.05, 4.69) is 13.2 Å². The summed E-state index contributed by atoms with van der Waals surface area (Å²) in [5, 5.41) is 0. The van der Waals surface area contributed by atoms with E-state index in [1.807, 2.05) is 24.3 Å². The maximum Gasteiger partial charge on any atom is 0.330 e. The van der Waals surface area contributed by atoms with E-state index in [4.69, 9.17) is 37.9 Å². The van der Waals surface area contributed by atoms with E-state index in [0.29, 0.717) is 84.7 Å². The molecule has 0 N–H and O–H groups in total. The predicted molar refractivity (Wildman–Crippen MR) is 259 cm³/mol. The van der Waals surface area contributed by atoms with Crippen molar-refractivity contribution in [2.75, 3.05) is 39.6 Å². The van der Waals surface area contributed by atoms with Gasteiger partial charge in [0.1, 0.15) is 23.8 Å². The van der Waals surface area contributed by atoms with E-state index in [0.717, 1.165) is 23.3 Å². The molecule has 72 heavy (non-hydrogen) atoms. The van der Waals surface area contributed by atoms with Crippen molar-refractivity contribution in [1.29, 1.82) is 0 Å². The van der Waals surface area contributed by atoms with Gasteiger partial charge in [0.05, 0.1) is 39.6 Å². The lowest BCUT2D eigenvalue weighted by Gasteiger charge is -2.17. The third-order valence-corrected chi connectivity index (χ3v) is 12.0. The minimum absolute atomic E-state index is 0.0901. The molecular weight excluding hydrogens is 935 g/mol. The molecule has 1 unspecified atom stereocenters. The Morgan fingerprint density at radius 1 is 0.472 bits per heavy atom. The molecule has 0 aromatic heterocycles. The second-order valence-corrected chi connectivity index (χ2v) is 17.3. The fourth-order valence-electron chi connectivity index (χ4n) is 8.06. The quantitative estimate of drug-likeness (QED) is 0.0229. The molecule has 0 saturated carbocycles. The van der Waals surface area contributed by atoms with Gasteiger partial charge in [-0.15, -0.1) is 0 Å². The number of halogens is 2. The van der Waals surface area contributed by atoms with Crippen LogP contribution in [0.5, 0.6) is 0 Å². The Hall–Kier alpha value is -7.04. The summed E-state index contributed by atoms with van der Waals surface area (Å²) in [4.78, 5) is 72.2. The fourth-order valence-corrected chi connectivity index (χ4v) is 8.06. The van der Waals surface area contributed by atoms with E-state index >= 15 is 8.78 Å². The molecule has 0 radical (unpaired) electrons. The molecule has 14 nitrogen and oxygen atoms in total. The van der Waals surface area contributed by atoms with Crippen LogP contribution in [0.2, 0.25) is 0 Å². The van der Waals surface area contributed by atoms with Crippen LogP contribution >= 0.6 is 0 Å². The first-order valence-electron chi connectivity index (χ1n) is 24.2. The second-order valence-electron chi connectivity index (χ2n) is 17.3. The number of hydrogen-bond acceptors (Lipinski definition) is 14. The van der Waals surface area contributed by atoms with Crippen molar-refractivity contribution in [3.63, 3.8) is 0 Å². The summed E-state index contributed by atoms with van der Waals surface area (Å²) < 4.78 is 73.7. The van der Waals surface area contributed by atoms with Crippen LogP contribution in [0.15, 0.2) is 110 Å². The third kappa shape index (κ3) is 17.1. The molecule has 16 heteroatoms. The summed E-state index contributed by atoms with van der Waals surface area (Å²) in [6.45, 7) is 7.69. The highest BCUT2D eigenvalue weighted by molar-refractivity contribution is 5.81. The van der Waals surface area contributed by atoms with Gasteiger partial charge in [-0.3, -0.25) is 19.2 Å². The number of benzene rings is 4. The van der Waals surface area contributed by atoms with Crippen molar-refractivity contribution in [1.82, 2.24) is 0 Å². The van der Waals surface area contributed by atoms with Crippen molar-refractivity contribution in [2.24, 2.45) is 0 Å². The molecule has 0 spiro atoms. The molecule has 0 bridgehead atoms. The second kappa shape index (κ2) is 28.1. The molecule has 4 aromatic rings. The first-order chi connectivity index (χ1) is 34.9. The Morgan fingerprint density at radius 2 is 0.806 bits per heavy atom.